The van der Waals surface area contributed by atoms with Gasteiger partial charge in [0.25, 0.3) is 0 Å². The van der Waals surface area contributed by atoms with Gasteiger partial charge in [-0.05, 0) is 25.6 Å². The molecule has 1 N–H and O–H groups in total. The molecule has 1 aromatic carbocycles. The molecule has 0 atom stereocenters. The van der Waals surface area contributed by atoms with E-state index in [0.717, 1.165) is 38.3 Å². The highest BCUT2D eigenvalue weighted by Gasteiger charge is 2.17. The van der Waals surface area contributed by atoms with Crippen molar-refractivity contribution in [2.45, 2.75) is 11.8 Å². The van der Waals surface area contributed by atoms with Gasteiger partial charge in [-0.15, -0.1) is 0 Å². The molecule has 20 heavy (non-hydrogen) atoms. The normalized spacial score (nSPS) is 18.3. The quantitative estimate of drug-likeness (QED) is 0.861. The van der Waals surface area contributed by atoms with Crippen LogP contribution in [0.15, 0.2) is 29.2 Å². The van der Waals surface area contributed by atoms with E-state index < -0.39 is 10.0 Å². The van der Waals surface area contributed by atoms with Gasteiger partial charge in [0, 0.05) is 39.3 Å². The van der Waals surface area contributed by atoms with Gasteiger partial charge in [-0.3, -0.25) is 4.90 Å². The lowest BCUT2D eigenvalue weighted by atomic mass is 10.2. The SMILES string of the molecule is Cc1ccccc1S(=O)(=O)NCCN1CCN(C)CC1. The summed E-state index contributed by atoms with van der Waals surface area (Å²) in [6, 6.07) is 7.06. The highest BCUT2D eigenvalue weighted by atomic mass is 32.2. The molecule has 1 aliphatic heterocycles. The van der Waals surface area contributed by atoms with Gasteiger partial charge in [0.2, 0.25) is 10.0 Å². The molecule has 6 heteroatoms. The number of likely N-dealkylation sites (N-methyl/N-ethyl adjacent to an activating group) is 1. The van der Waals surface area contributed by atoms with Crippen molar-refractivity contribution >= 4 is 10.0 Å². The van der Waals surface area contributed by atoms with Crippen LogP contribution in [0.2, 0.25) is 0 Å². The molecule has 0 amide bonds. The van der Waals surface area contributed by atoms with Gasteiger partial charge < -0.3 is 4.90 Å². The Morgan fingerprint density at radius 2 is 1.80 bits per heavy atom. The molecule has 0 spiro atoms. The Hall–Kier alpha value is -0.950. The number of benzene rings is 1. The Morgan fingerprint density at radius 3 is 2.45 bits per heavy atom. The zero-order chi connectivity index (χ0) is 14.6. The Kier molecular flexibility index (Phi) is 5.15. The summed E-state index contributed by atoms with van der Waals surface area (Å²) in [5, 5.41) is 0. The van der Waals surface area contributed by atoms with Crippen LogP contribution in [-0.4, -0.2) is 64.5 Å². The molecule has 2 rings (SSSR count). The number of sulfonamides is 1. The van der Waals surface area contributed by atoms with E-state index in [0.29, 0.717) is 11.4 Å². The standard InChI is InChI=1S/C14H23N3O2S/c1-13-5-3-4-6-14(13)20(18,19)15-7-8-17-11-9-16(2)10-12-17/h3-6,15H,7-12H2,1-2H3. The van der Waals surface area contributed by atoms with Crippen molar-refractivity contribution in [3.05, 3.63) is 29.8 Å². The van der Waals surface area contributed by atoms with Gasteiger partial charge in [0.05, 0.1) is 4.90 Å². The second kappa shape index (κ2) is 6.67. The number of rotatable bonds is 5. The molecule has 1 aliphatic rings. The number of piperazine rings is 1. The van der Waals surface area contributed by atoms with Gasteiger partial charge >= 0.3 is 0 Å². The Balaban J connectivity index is 1.86. The Bertz CT molecular complexity index is 537. The van der Waals surface area contributed by atoms with Crippen molar-refractivity contribution in [2.75, 3.05) is 46.3 Å². The first kappa shape index (κ1) is 15.4. The maximum absolute atomic E-state index is 12.2. The molecule has 0 saturated carbocycles. The second-order valence-electron chi connectivity index (χ2n) is 5.31. The van der Waals surface area contributed by atoms with E-state index in [-0.39, 0.29) is 0 Å². The fourth-order valence-corrected chi connectivity index (χ4v) is 3.61. The number of hydrogen-bond acceptors (Lipinski definition) is 4. The van der Waals surface area contributed by atoms with Crippen molar-refractivity contribution in [1.82, 2.24) is 14.5 Å². The Labute approximate surface area is 121 Å². The first-order valence-corrected chi connectivity index (χ1v) is 8.43. The van der Waals surface area contributed by atoms with Crippen LogP contribution >= 0.6 is 0 Å². The monoisotopic (exact) mass is 297 g/mol. The lowest BCUT2D eigenvalue weighted by Crippen LogP contribution is -2.46. The summed E-state index contributed by atoms with van der Waals surface area (Å²) in [4.78, 5) is 4.95. The lowest BCUT2D eigenvalue weighted by Gasteiger charge is -2.32. The summed E-state index contributed by atoms with van der Waals surface area (Å²) in [7, 11) is -1.28. The minimum atomic E-state index is -3.39. The third-order valence-corrected chi connectivity index (χ3v) is 5.32. The van der Waals surface area contributed by atoms with E-state index in [1.54, 1.807) is 12.1 Å². The number of aryl methyl sites for hydroxylation is 1. The summed E-state index contributed by atoms with van der Waals surface area (Å²) >= 11 is 0. The molecule has 1 fully saturated rings. The van der Waals surface area contributed by atoms with Crippen LogP contribution in [0.5, 0.6) is 0 Å². The van der Waals surface area contributed by atoms with Crippen LogP contribution in [0, 0.1) is 6.92 Å². The highest BCUT2D eigenvalue weighted by Crippen LogP contribution is 2.13. The summed E-state index contributed by atoms with van der Waals surface area (Å²) in [6.07, 6.45) is 0. The largest absolute Gasteiger partial charge is 0.304 e. The Morgan fingerprint density at radius 1 is 1.15 bits per heavy atom. The van der Waals surface area contributed by atoms with Crippen molar-refractivity contribution in [1.29, 1.82) is 0 Å². The fraction of sp³-hybridized carbons (Fsp3) is 0.571. The van der Waals surface area contributed by atoms with Crippen LogP contribution < -0.4 is 4.72 Å². The molecule has 0 aromatic heterocycles. The van der Waals surface area contributed by atoms with E-state index >= 15 is 0 Å². The van der Waals surface area contributed by atoms with Crippen LogP contribution in [0.1, 0.15) is 5.56 Å². The number of nitrogens with zero attached hydrogens (tertiary/aromatic N) is 2. The highest BCUT2D eigenvalue weighted by molar-refractivity contribution is 7.89. The lowest BCUT2D eigenvalue weighted by molar-refractivity contribution is 0.156. The van der Waals surface area contributed by atoms with Gasteiger partial charge in [-0.25, -0.2) is 13.1 Å². The third-order valence-electron chi connectivity index (χ3n) is 3.70. The molecule has 0 radical (unpaired) electrons. The molecule has 1 heterocycles. The van der Waals surface area contributed by atoms with Crippen LogP contribution in [-0.2, 0) is 10.0 Å². The van der Waals surface area contributed by atoms with E-state index in [1.165, 1.54) is 0 Å². The molecule has 0 bridgehead atoms. The van der Waals surface area contributed by atoms with Crippen molar-refractivity contribution in [3.8, 4) is 0 Å². The van der Waals surface area contributed by atoms with Crippen molar-refractivity contribution in [3.63, 3.8) is 0 Å². The molecule has 1 aromatic rings. The van der Waals surface area contributed by atoms with Gasteiger partial charge in [-0.2, -0.15) is 0 Å². The van der Waals surface area contributed by atoms with E-state index in [9.17, 15) is 8.42 Å². The molecule has 0 aliphatic carbocycles. The number of nitrogens with one attached hydrogen (secondary N) is 1. The first-order chi connectivity index (χ1) is 9.49. The minimum absolute atomic E-state index is 0.373. The minimum Gasteiger partial charge on any atom is -0.304 e. The fourth-order valence-electron chi connectivity index (χ4n) is 2.35. The van der Waals surface area contributed by atoms with Gasteiger partial charge in [-0.1, -0.05) is 18.2 Å². The zero-order valence-corrected chi connectivity index (χ0v) is 13.0. The van der Waals surface area contributed by atoms with E-state index in [2.05, 4.69) is 21.6 Å². The van der Waals surface area contributed by atoms with Crippen LogP contribution in [0.4, 0.5) is 0 Å². The maximum Gasteiger partial charge on any atom is 0.240 e. The summed E-state index contributed by atoms with van der Waals surface area (Å²) < 4.78 is 27.1. The van der Waals surface area contributed by atoms with Gasteiger partial charge in [0.15, 0.2) is 0 Å². The van der Waals surface area contributed by atoms with Crippen LogP contribution in [0.25, 0.3) is 0 Å². The predicted octanol–water partition coefficient (Wildman–Crippen LogP) is 0.521. The molecular formula is C14H23N3O2S. The van der Waals surface area contributed by atoms with Crippen LogP contribution in [0.3, 0.4) is 0 Å². The summed E-state index contributed by atoms with van der Waals surface area (Å²) in [5.41, 5.74) is 0.777. The van der Waals surface area contributed by atoms with E-state index in [1.807, 2.05) is 19.1 Å². The predicted molar refractivity (Wildman–Crippen MR) is 80.3 cm³/mol. The molecular weight excluding hydrogens is 274 g/mol. The van der Waals surface area contributed by atoms with Crippen molar-refractivity contribution in [2.24, 2.45) is 0 Å². The average molecular weight is 297 g/mol. The average Bonchev–Trinajstić information content (AvgIpc) is 2.41. The molecule has 112 valence electrons. The summed E-state index contributed by atoms with van der Waals surface area (Å²) in [5.74, 6) is 0. The number of hydrogen-bond donors (Lipinski definition) is 1. The van der Waals surface area contributed by atoms with E-state index in [4.69, 9.17) is 0 Å². The second-order valence-corrected chi connectivity index (χ2v) is 7.04. The van der Waals surface area contributed by atoms with Gasteiger partial charge in [0.1, 0.15) is 0 Å². The zero-order valence-electron chi connectivity index (χ0n) is 12.2. The third kappa shape index (κ3) is 4.02. The van der Waals surface area contributed by atoms with Crippen molar-refractivity contribution < 1.29 is 8.42 Å². The first-order valence-electron chi connectivity index (χ1n) is 6.95. The molecule has 5 nitrogen and oxygen atoms in total. The smallest absolute Gasteiger partial charge is 0.240 e. The topological polar surface area (TPSA) is 52.7 Å². The molecule has 1 saturated heterocycles. The summed E-state index contributed by atoms with van der Waals surface area (Å²) in [6.45, 7) is 7.13. The molecule has 0 unspecified atom stereocenters. The maximum atomic E-state index is 12.2.